The van der Waals surface area contributed by atoms with Crippen LogP contribution in [0.2, 0.25) is 0 Å². The van der Waals surface area contributed by atoms with Gasteiger partial charge in [-0.05, 0) is 12.5 Å². The summed E-state index contributed by atoms with van der Waals surface area (Å²) >= 11 is 0. The van der Waals surface area contributed by atoms with Gasteiger partial charge in [0.2, 0.25) is 11.9 Å². The third kappa shape index (κ3) is 3.98. The maximum Gasteiger partial charge on any atom is 0.229 e. The number of carbonyl (C=O) groups excluding carboxylic acids is 1. The zero-order chi connectivity index (χ0) is 10.2. The zero-order valence-electron chi connectivity index (χ0n) is 8.36. The minimum Gasteiger partial charge on any atom is -0.295 e. The second-order valence-corrected chi connectivity index (χ2v) is 3.08. The molecule has 1 N–H and O–H groups in total. The molecular weight excluding hydrogens is 178 g/mol. The summed E-state index contributed by atoms with van der Waals surface area (Å²) in [5.41, 5.74) is 0. The van der Waals surface area contributed by atoms with E-state index in [1.165, 1.54) is 0 Å². The van der Waals surface area contributed by atoms with Gasteiger partial charge in [0, 0.05) is 20.2 Å². The summed E-state index contributed by atoms with van der Waals surface area (Å²) in [6.07, 6.45) is 6.89. The average molecular weight is 195 g/mol. The van der Waals surface area contributed by atoms with Crippen LogP contribution in [0.1, 0.15) is 34.0 Å². The van der Waals surface area contributed by atoms with E-state index in [0.717, 1.165) is 19.3 Å². The number of hydrogen-bond donors (Lipinski definition) is 1. The molecule has 4 nitrogen and oxygen atoms in total. The third-order valence-corrected chi connectivity index (χ3v) is 1.82. The van der Waals surface area contributed by atoms with E-state index in [-0.39, 0.29) is 7.33 Å². The summed E-state index contributed by atoms with van der Waals surface area (Å²) in [7, 11) is 0. The monoisotopic (exact) mass is 195 g/mol. The molecule has 0 saturated carbocycles. The number of nitrogens with zero attached hydrogens (tertiary/aromatic N) is 2. The summed E-state index contributed by atoms with van der Waals surface area (Å²) in [5, 5.41) is 2.64. The predicted octanol–water partition coefficient (Wildman–Crippen LogP) is 2.24. The summed E-state index contributed by atoms with van der Waals surface area (Å²) < 4.78 is 0. The molecule has 1 aromatic heterocycles. The second kappa shape index (κ2) is 6.07. The van der Waals surface area contributed by atoms with Gasteiger partial charge in [0.15, 0.2) is 0 Å². The minimum atomic E-state index is -0.00958. The third-order valence-electron chi connectivity index (χ3n) is 1.82. The van der Waals surface area contributed by atoms with Gasteiger partial charge in [-0.15, -0.1) is 0 Å². The van der Waals surface area contributed by atoms with Gasteiger partial charge in [-0.2, -0.15) is 0 Å². The predicted molar refractivity (Wildman–Crippen MR) is 56.9 cm³/mol. The molecule has 0 saturated heterocycles. The summed E-state index contributed by atoms with van der Waals surface area (Å²) in [6.45, 7) is 2.11. The lowest BCUT2D eigenvalue weighted by Gasteiger charge is -2.01. The average Bonchev–Trinajstić information content (AvgIpc) is 2.20. The van der Waals surface area contributed by atoms with E-state index >= 15 is 0 Å². The fraction of sp³-hybridized carbons (Fsp3) is 0.500. The Morgan fingerprint density at radius 2 is 2.14 bits per heavy atom. The number of amides is 1. The van der Waals surface area contributed by atoms with Gasteiger partial charge in [-0.25, -0.2) is 9.97 Å². The summed E-state index contributed by atoms with van der Waals surface area (Å²) in [5.74, 6) is 0.374. The molecule has 0 spiro atoms. The standard InChI is InChI=1S/C10H15N3O.H2/c1-2-3-4-6-9(14)13-10-11-7-5-8-12-10;/h5,7-8H,2-4,6H2,1H3,(H,11,12,13,14);1H. The van der Waals surface area contributed by atoms with Crippen LogP contribution in [0.5, 0.6) is 0 Å². The van der Waals surface area contributed by atoms with Crippen LogP contribution in [0.3, 0.4) is 0 Å². The molecule has 1 heterocycles. The molecule has 4 heteroatoms. The van der Waals surface area contributed by atoms with Gasteiger partial charge in [0.25, 0.3) is 0 Å². The number of aromatic nitrogens is 2. The molecule has 0 bridgehead atoms. The highest BCUT2D eigenvalue weighted by molar-refractivity contribution is 5.88. The summed E-state index contributed by atoms with van der Waals surface area (Å²) in [4.78, 5) is 19.1. The lowest BCUT2D eigenvalue weighted by atomic mass is 10.2. The van der Waals surface area contributed by atoms with Crippen LogP contribution in [0.15, 0.2) is 18.5 Å². The Bertz CT molecular complexity index is 279. The molecule has 0 radical (unpaired) electrons. The Kier molecular flexibility index (Phi) is 4.61. The lowest BCUT2D eigenvalue weighted by Crippen LogP contribution is -2.13. The van der Waals surface area contributed by atoms with Crippen molar-refractivity contribution in [2.24, 2.45) is 0 Å². The van der Waals surface area contributed by atoms with Crippen LogP contribution >= 0.6 is 0 Å². The molecule has 0 atom stereocenters. The van der Waals surface area contributed by atoms with Crippen LogP contribution < -0.4 is 5.32 Å². The molecule has 14 heavy (non-hydrogen) atoms. The Morgan fingerprint density at radius 3 is 2.79 bits per heavy atom. The molecule has 0 aromatic carbocycles. The molecule has 0 fully saturated rings. The van der Waals surface area contributed by atoms with Crippen LogP contribution in [0.4, 0.5) is 5.95 Å². The number of anilines is 1. The number of hydrogen-bond acceptors (Lipinski definition) is 3. The normalized spacial score (nSPS) is 9.79. The Labute approximate surface area is 85.3 Å². The SMILES string of the molecule is CCCCCC(=O)Nc1ncccn1.[HH]. The Morgan fingerprint density at radius 1 is 1.43 bits per heavy atom. The van der Waals surface area contributed by atoms with Crippen molar-refractivity contribution in [2.45, 2.75) is 32.6 Å². The van der Waals surface area contributed by atoms with Gasteiger partial charge >= 0.3 is 0 Å². The van der Waals surface area contributed by atoms with Crippen molar-refractivity contribution in [3.05, 3.63) is 18.5 Å². The smallest absolute Gasteiger partial charge is 0.229 e. The molecular formula is C10H17N3O. The molecule has 1 rings (SSSR count). The highest BCUT2D eigenvalue weighted by Crippen LogP contribution is 2.01. The van der Waals surface area contributed by atoms with Gasteiger partial charge < -0.3 is 0 Å². The van der Waals surface area contributed by atoms with E-state index in [1.54, 1.807) is 18.5 Å². The summed E-state index contributed by atoms with van der Waals surface area (Å²) in [6, 6.07) is 1.72. The van der Waals surface area contributed by atoms with Gasteiger partial charge in [-0.1, -0.05) is 19.8 Å². The van der Waals surface area contributed by atoms with Gasteiger partial charge in [0.1, 0.15) is 0 Å². The van der Waals surface area contributed by atoms with Crippen LogP contribution in [0, 0.1) is 0 Å². The van der Waals surface area contributed by atoms with Crippen LogP contribution in [-0.4, -0.2) is 15.9 Å². The maximum atomic E-state index is 11.3. The second-order valence-electron chi connectivity index (χ2n) is 3.08. The number of nitrogens with one attached hydrogen (secondary N) is 1. The van der Waals surface area contributed by atoms with Crippen LogP contribution in [0.25, 0.3) is 0 Å². The highest BCUT2D eigenvalue weighted by Gasteiger charge is 2.02. The van der Waals surface area contributed by atoms with E-state index in [0.29, 0.717) is 12.4 Å². The van der Waals surface area contributed by atoms with E-state index < -0.39 is 0 Å². The topological polar surface area (TPSA) is 54.9 Å². The number of unbranched alkanes of at least 4 members (excludes halogenated alkanes) is 2. The molecule has 1 amide bonds. The van der Waals surface area contributed by atoms with Crippen molar-refractivity contribution in [2.75, 3.05) is 5.32 Å². The van der Waals surface area contributed by atoms with E-state index in [2.05, 4.69) is 22.2 Å². The Hall–Kier alpha value is -1.45. The first-order valence-corrected chi connectivity index (χ1v) is 4.90. The van der Waals surface area contributed by atoms with Crippen molar-refractivity contribution < 1.29 is 6.22 Å². The highest BCUT2D eigenvalue weighted by atomic mass is 16.1. The number of carbonyl (C=O) groups is 1. The molecule has 0 aliphatic heterocycles. The van der Waals surface area contributed by atoms with Crippen molar-refractivity contribution in [1.29, 1.82) is 0 Å². The van der Waals surface area contributed by atoms with Crippen molar-refractivity contribution >= 4 is 11.9 Å². The first-order valence-electron chi connectivity index (χ1n) is 4.90. The lowest BCUT2D eigenvalue weighted by molar-refractivity contribution is -0.116. The molecule has 78 valence electrons. The first-order chi connectivity index (χ1) is 6.83. The van der Waals surface area contributed by atoms with Gasteiger partial charge in [0.05, 0.1) is 0 Å². The number of rotatable bonds is 5. The molecule has 0 aliphatic carbocycles. The minimum absolute atomic E-state index is 0. The fourth-order valence-electron chi connectivity index (χ4n) is 1.09. The Balaban J connectivity index is 0.00000196. The molecule has 0 aliphatic rings. The molecule has 0 unspecified atom stereocenters. The largest absolute Gasteiger partial charge is 0.295 e. The zero-order valence-corrected chi connectivity index (χ0v) is 8.36. The fourth-order valence-corrected chi connectivity index (χ4v) is 1.09. The van der Waals surface area contributed by atoms with Crippen molar-refractivity contribution in [3.63, 3.8) is 0 Å². The van der Waals surface area contributed by atoms with Gasteiger partial charge in [-0.3, -0.25) is 10.1 Å². The quantitative estimate of drug-likeness (QED) is 0.733. The first kappa shape index (κ1) is 10.6. The molecule has 1 aromatic rings. The van der Waals surface area contributed by atoms with E-state index in [4.69, 9.17) is 0 Å². The maximum absolute atomic E-state index is 11.3. The van der Waals surface area contributed by atoms with Crippen molar-refractivity contribution in [3.8, 4) is 0 Å². The van der Waals surface area contributed by atoms with E-state index in [1.807, 2.05) is 0 Å². The van der Waals surface area contributed by atoms with Crippen molar-refractivity contribution in [1.82, 2.24) is 9.97 Å². The van der Waals surface area contributed by atoms with Crippen LogP contribution in [-0.2, 0) is 4.79 Å². The van der Waals surface area contributed by atoms with E-state index in [9.17, 15) is 4.79 Å².